The summed E-state index contributed by atoms with van der Waals surface area (Å²) in [5.41, 5.74) is 5.48. The second-order valence-electron chi connectivity index (χ2n) is 5.30. The van der Waals surface area contributed by atoms with Gasteiger partial charge in [0, 0.05) is 19.0 Å². The van der Waals surface area contributed by atoms with Gasteiger partial charge in [0.2, 0.25) is 0 Å². The lowest BCUT2D eigenvalue weighted by Crippen LogP contribution is -2.22. The van der Waals surface area contributed by atoms with Crippen molar-refractivity contribution in [3.63, 3.8) is 0 Å². The van der Waals surface area contributed by atoms with Crippen molar-refractivity contribution in [1.29, 1.82) is 0 Å². The van der Waals surface area contributed by atoms with E-state index in [9.17, 15) is 0 Å². The van der Waals surface area contributed by atoms with Gasteiger partial charge in [0.25, 0.3) is 0 Å². The Balaban J connectivity index is 1.96. The van der Waals surface area contributed by atoms with Crippen LogP contribution in [0.4, 0.5) is 0 Å². The molecule has 0 aliphatic carbocycles. The molecular weight excluding hydrogens is 234 g/mol. The van der Waals surface area contributed by atoms with Crippen LogP contribution >= 0.6 is 0 Å². The fourth-order valence-electron chi connectivity index (χ4n) is 2.43. The first kappa shape index (κ1) is 13.9. The van der Waals surface area contributed by atoms with Gasteiger partial charge in [-0.15, -0.1) is 0 Å². The summed E-state index contributed by atoms with van der Waals surface area (Å²) >= 11 is 0. The van der Waals surface area contributed by atoms with Crippen molar-refractivity contribution in [2.24, 2.45) is 0 Å². The Morgan fingerprint density at radius 3 is 2.53 bits per heavy atom. The van der Waals surface area contributed by atoms with Crippen molar-refractivity contribution >= 4 is 0 Å². The Kier molecular flexibility index (Phi) is 4.43. The minimum Gasteiger partial charge on any atom is -0.469 e. The van der Waals surface area contributed by atoms with E-state index in [4.69, 9.17) is 4.42 Å². The Bertz CT molecular complexity index is 528. The number of rotatable bonds is 5. The van der Waals surface area contributed by atoms with Crippen LogP contribution in [0.3, 0.4) is 0 Å². The van der Waals surface area contributed by atoms with Crippen molar-refractivity contribution in [1.82, 2.24) is 5.32 Å². The first-order valence-corrected chi connectivity index (χ1v) is 6.91. The molecule has 0 radical (unpaired) electrons. The number of hydrogen-bond donors (Lipinski definition) is 1. The van der Waals surface area contributed by atoms with Gasteiger partial charge in [0.1, 0.15) is 5.76 Å². The molecule has 19 heavy (non-hydrogen) atoms. The largest absolute Gasteiger partial charge is 0.469 e. The fourth-order valence-corrected chi connectivity index (χ4v) is 2.43. The maximum atomic E-state index is 5.34. The Morgan fingerprint density at radius 1 is 1.11 bits per heavy atom. The molecule has 0 amide bonds. The highest BCUT2D eigenvalue weighted by atomic mass is 16.3. The molecule has 102 valence electrons. The van der Waals surface area contributed by atoms with Gasteiger partial charge in [-0.3, -0.25) is 0 Å². The van der Waals surface area contributed by atoms with Crippen molar-refractivity contribution in [3.05, 3.63) is 58.5 Å². The summed E-state index contributed by atoms with van der Waals surface area (Å²) in [5, 5.41) is 3.56. The molecule has 0 fully saturated rings. The van der Waals surface area contributed by atoms with Crippen molar-refractivity contribution < 1.29 is 4.42 Å². The Morgan fingerprint density at radius 2 is 1.84 bits per heavy atom. The average molecular weight is 257 g/mol. The van der Waals surface area contributed by atoms with Crippen LogP contribution in [-0.2, 0) is 6.42 Å². The van der Waals surface area contributed by atoms with Gasteiger partial charge in [0.05, 0.1) is 6.26 Å². The number of furan rings is 1. The topological polar surface area (TPSA) is 25.2 Å². The van der Waals surface area contributed by atoms with Gasteiger partial charge >= 0.3 is 0 Å². The van der Waals surface area contributed by atoms with E-state index in [2.05, 4.69) is 45.1 Å². The molecule has 1 aromatic carbocycles. The van der Waals surface area contributed by atoms with Crippen LogP contribution in [0.2, 0.25) is 0 Å². The number of aryl methyl sites for hydroxylation is 3. The third-order valence-corrected chi connectivity index (χ3v) is 3.75. The second kappa shape index (κ2) is 6.07. The van der Waals surface area contributed by atoms with Gasteiger partial charge in [-0.1, -0.05) is 12.1 Å². The van der Waals surface area contributed by atoms with Crippen LogP contribution in [-0.4, -0.2) is 6.54 Å². The summed E-state index contributed by atoms with van der Waals surface area (Å²) in [6, 6.07) is 8.90. The summed E-state index contributed by atoms with van der Waals surface area (Å²) < 4.78 is 5.34. The van der Waals surface area contributed by atoms with Crippen LogP contribution in [0.5, 0.6) is 0 Å². The van der Waals surface area contributed by atoms with Crippen molar-refractivity contribution in [3.8, 4) is 0 Å². The van der Waals surface area contributed by atoms with E-state index < -0.39 is 0 Å². The Hall–Kier alpha value is -1.54. The zero-order valence-corrected chi connectivity index (χ0v) is 12.3. The minimum atomic E-state index is 0.370. The summed E-state index contributed by atoms with van der Waals surface area (Å²) in [5.74, 6) is 1.04. The average Bonchev–Trinajstić information content (AvgIpc) is 2.86. The molecule has 0 saturated carbocycles. The van der Waals surface area contributed by atoms with Gasteiger partial charge in [0.15, 0.2) is 0 Å². The number of hydrogen-bond acceptors (Lipinski definition) is 2. The molecular formula is C17H23NO. The quantitative estimate of drug-likeness (QED) is 0.872. The molecule has 1 N–H and O–H groups in total. The molecule has 1 atom stereocenters. The summed E-state index contributed by atoms with van der Waals surface area (Å²) in [7, 11) is 0. The first-order valence-electron chi connectivity index (χ1n) is 6.91. The zero-order chi connectivity index (χ0) is 13.8. The molecule has 0 saturated heterocycles. The van der Waals surface area contributed by atoms with Crippen LogP contribution in [0.25, 0.3) is 0 Å². The normalized spacial score (nSPS) is 12.6. The molecule has 0 bridgehead atoms. The number of benzene rings is 1. The molecule has 1 aromatic heterocycles. The lowest BCUT2D eigenvalue weighted by molar-refractivity contribution is 0.485. The molecule has 2 rings (SSSR count). The van der Waals surface area contributed by atoms with E-state index in [1.807, 2.05) is 12.1 Å². The predicted molar refractivity (Wildman–Crippen MR) is 79.5 cm³/mol. The van der Waals surface area contributed by atoms with E-state index in [1.165, 1.54) is 22.3 Å². The monoisotopic (exact) mass is 257 g/mol. The number of nitrogens with one attached hydrogen (secondary N) is 1. The minimum absolute atomic E-state index is 0.370. The predicted octanol–water partition coefficient (Wildman–Crippen LogP) is 4.10. The molecule has 0 aliphatic heterocycles. The van der Waals surface area contributed by atoms with E-state index in [1.54, 1.807) is 6.26 Å². The maximum absolute atomic E-state index is 5.34. The summed E-state index contributed by atoms with van der Waals surface area (Å²) in [6.07, 6.45) is 2.66. The standard InChI is InChI=1S/C17H23NO/c1-12-10-14(3)17(11-13(12)2)15(4)18-8-7-16-6-5-9-19-16/h5-6,9-11,15,18H,7-8H2,1-4H3. The molecule has 1 unspecified atom stereocenters. The van der Waals surface area contributed by atoms with Crippen molar-refractivity contribution in [2.45, 2.75) is 40.2 Å². The molecule has 0 aliphatic rings. The smallest absolute Gasteiger partial charge is 0.105 e. The van der Waals surface area contributed by atoms with E-state index in [0.717, 1.165) is 18.7 Å². The van der Waals surface area contributed by atoms with Crippen LogP contribution < -0.4 is 5.32 Å². The lowest BCUT2D eigenvalue weighted by Gasteiger charge is -2.18. The van der Waals surface area contributed by atoms with Crippen LogP contribution in [0.15, 0.2) is 34.9 Å². The van der Waals surface area contributed by atoms with Gasteiger partial charge in [-0.2, -0.15) is 0 Å². The highest BCUT2D eigenvalue weighted by molar-refractivity contribution is 5.38. The van der Waals surface area contributed by atoms with Gasteiger partial charge < -0.3 is 9.73 Å². The van der Waals surface area contributed by atoms with Crippen LogP contribution in [0.1, 0.15) is 41.0 Å². The third-order valence-electron chi connectivity index (χ3n) is 3.75. The maximum Gasteiger partial charge on any atom is 0.105 e. The third kappa shape index (κ3) is 3.48. The van der Waals surface area contributed by atoms with Crippen molar-refractivity contribution in [2.75, 3.05) is 6.54 Å². The lowest BCUT2D eigenvalue weighted by atomic mass is 9.96. The highest BCUT2D eigenvalue weighted by Gasteiger charge is 2.09. The first-order chi connectivity index (χ1) is 9.08. The molecule has 2 heteroatoms. The second-order valence-corrected chi connectivity index (χ2v) is 5.30. The highest BCUT2D eigenvalue weighted by Crippen LogP contribution is 2.21. The molecule has 2 aromatic rings. The van der Waals surface area contributed by atoms with Crippen LogP contribution in [0, 0.1) is 20.8 Å². The van der Waals surface area contributed by atoms with Gasteiger partial charge in [-0.25, -0.2) is 0 Å². The fraction of sp³-hybridized carbons (Fsp3) is 0.412. The zero-order valence-electron chi connectivity index (χ0n) is 12.3. The summed E-state index contributed by atoms with van der Waals surface area (Å²) in [6.45, 7) is 9.68. The Labute approximate surface area is 115 Å². The van der Waals surface area contributed by atoms with E-state index in [0.29, 0.717) is 6.04 Å². The van der Waals surface area contributed by atoms with Gasteiger partial charge in [-0.05, 0) is 62.1 Å². The molecule has 1 heterocycles. The SMILES string of the molecule is Cc1cc(C)c(C(C)NCCc2ccco2)cc1C. The van der Waals surface area contributed by atoms with E-state index >= 15 is 0 Å². The molecule has 2 nitrogen and oxygen atoms in total. The summed E-state index contributed by atoms with van der Waals surface area (Å²) in [4.78, 5) is 0. The molecule has 0 spiro atoms. The van der Waals surface area contributed by atoms with E-state index in [-0.39, 0.29) is 0 Å².